The van der Waals surface area contributed by atoms with Gasteiger partial charge in [-0.1, -0.05) is 6.07 Å². The molecule has 1 aliphatic rings. The van der Waals surface area contributed by atoms with Crippen molar-refractivity contribution in [3.63, 3.8) is 0 Å². The number of amides is 1. The zero-order valence-electron chi connectivity index (χ0n) is 16.5. The maximum absolute atomic E-state index is 14.9. The molecule has 1 fully saturated rings. The molecule has 0 aliphatic heterocycles. The number of hydrogen-bond acceptors (Lipinski definition) is 4. The maximum Gasteiger partial charge on any atom is 0.338 e. The van der Waals surface area contributed by atoms with Crippen molar-refractivity contribution >= 4 is 28.7 Å². The average molecular weight is 434 g/mol. The summed E-state index contributed by atoms with van der Waals surface area (Å²) in [5.74, 6) is -2.44. The van der Waals surface area contributed by atoms with E-state index in [9.17, 15) is 23.5 Å². The molecule has 160 valence electrons. The highest BCUT2D eigenvalue weighted by Crippen LogP contribution is 2.32. The maximum atomic E-state index is 14.9. The van der Waals surface area contributed by atoms with Crippen molar-refractivity contribution < 1.29 is 23.5 Å². The second kappa shape index (κ2) is 7.52. The Balaban J connectivity index is 1.46. The van der Waals surface area contributed by atoms with Crippen LogP contribution in [0, 0.1) is 17.6 Å². The number of carboxylic acid groups (broad SMARTS) is 1. The van der Waals surface area contributed by atoms with Crippen molar-refractivity contribution in [2.45, 2.75) is 12.8 Å². The van der Waals surface area contributed by atoms with Crippen molar-refractivity contribution in [1.29, 1.82) is 0 Å². The van der Waals surface area contributed by atoms with E-state index < -0.39 is 17.6 Å². The lowest BCUT2D eigenvalue weighted by molar-refractivity contribution is -0.117. The molecule has 1 aliphatic carbocycles. The van der Waals surface area contributed by atoms with Gasteiger partial charge in [0, 0.05) is 23.4 Å². The standard InChI is InChI=1S/C23H16F2N4O3/c24-17-9-12(14-6-4-13(10-18(14)25)27-22(30)11-1-2-11)3-5-15(17)20-28-19-16(23(31)32)7-8-26-21(19)29-20/h3-11H,1-2H2,(H,27,30)(H,31,32)(H,26,28,29). The van der Waals surface area contributed by atoms with Crippen LogP contribution in [-0.2, 0) is 4.79 Å². The largest absolute Gasteiger partial charge is 0.478 e. The third kappa shape index (κ3) is 3.58. The van der Waals surface area contributed by atoms with E-state index in [-0.39, 0.29) is 45.5 Å². The van der Waals surface area contributed by atoms with Gasteiger partial charge < -0.3 is 15.4 Å². The van der Waals surface area contributed by atoms with E-state index in [2.05, 4.69) is 20.3 Å². The Labute approximate surface area is 180 Å². The smallest absolute Gasteiger partial charge is 0.338 e. The summed E-state index contributed by atoms with van der Waals surface area (Å²) < 4.78 is 29.6. The van der Waals surface area contributed by atoms with Crippen molar-refractivity contribution in [2.24, 2.45) is 5.92 Å². The number of carbonyl (C=O) groups is 2. The number of rotatable bonds is 5. The van der Waals surface area contributed by atoms with Crippen LogP contribution in [0.2, 0.25) is 0 Å². The Hall–Kier alpha value is -4.14. The molecule has 5 rings (SSSR count). The number of benzene rings is 2. The van der Waals surface area contributed by atoms with E-state index in [0.717, 1.165) is 12.8 Å². The van der Waals surface area contributed by atoms with Crippen molar-refractivity contribution in [1.82, 2.24) is 15.0 Å². The van der Waals surface area contributed by atoms with Gasteiger partial charge in [0.05, 0.1) is 11.1 Å². The first kappa shape index (κ1) is 19.8. The molecule has 2 aromatic heterocycles. The molecular weight excluding hydrogens is 418 g/mol. The third-order valence-corrected chi connectivity index (χ3v) is 5.34. The third-order valence-electron chi connectivity index (χ3n) is 5.34. The lowest BCUT2D eigenvalue weighted by atomic mass is 10.0. The number of fused-ring (bicyclic) bond motifs is 1. The number of imidazole rings is 1. The fourth-order valence-electron chi connectivity index (χ4n) is 3.50. The number of carbonyl (C=O) groups excluding carboxylic acids is 1. The highest BCUT2D eigenvalue weighted by atomic mass is 19.1. The normalized spacial score (nSPS) is 13.3. The number of aromatic carboxylic acids is 1. The van der Waals surface area contributed by atoms with Gasteiger partial charge in [0.2, 0.25) is 5.91 Å². The highest BCUT2D eigenvalue weighted by molar-refractivity contribution is 6.00. The van der Waals surface area contributed by atoms with Gasteiger partial charge in [0.25, 0.3) is 0 Å². The predicted molar refractivity (Wildman–Crippen MR) is 113 cm³/mol. The molecule has 3 N–H and O–H groups in total. The number of aromatic amines is 1. The number of anilines is 1. The molecule has 1 saturated carbocycles. The Morgan fingerprint density at radius 3 is 2.47 bits per heavy atom. The summed E-state index contributed by atoms with van der Waals surface area (Å²) in [7, 11) is 0. The number of H-pyrrole nitrogens is 1. The lowest BCUT2D eigenvalue weighted by Crippen LogP contribution is -2.13. The fraction of sp³-hybridized carbons (Fsp3) is 0.130. The molecule has 0 unspecified atom stereocenters. The average Bonchev–Trinajstić information content (AvgIpc) is 3.52. The van der Waals surface area contributed by atoms with Crippen molar-refractivity contribution in [3.8, 4) is 22.5 Å². The molecule has 0 bridgehead atoms. The zero-order valence-corrected chi connectivity index (χ0v) is 16.5. The lowest BCUT2D eigenvalue weighted by Gasteiger charge is -2.09. The molecule has 1 amide bonds. The molecule has 2 heterocycles. The summed E-state index contributed by atoms with van der Waals surface area (Å²) in [5, 5.41) is 12.0. The molecule has 9 heteroatoms. The number of carboxylic acids is 1. The Kier molecular flexibility index (Phi) is 4.66. The molecule has 4 aromatic rings. The minimum absolute atomic E-state index is 0.000551. The fourth-order valence-corrected chi connectivity index (χ4v) is 3.50. The van der Waals surface area contributed by atoms with E-state index in [0.29, 0.717) is 11.3 Å². The second-order valence-electron chi connectivity index (χ2n) is 7.60. The van der Waals surface area contributed by atoms with E-state index in [1.807, 2.05) is 0 Å². The van der Waals surface area contributed by atoms with E-state index >= 15 is 0 Å². The Morgan fingerprint density at radius 2 is 1.78 bits per heavy atom. The Bertz CT molecular complexity index is 1400. The van der Waals surface area contributed by atoms with Crippen molar-refractivity contribution in [3.05, 3.63) is 65.9 Å². The van der Waals surface area contributed by atoms with Gasteiger partial charge in [0.15, 0.2) is 5.65 Å². The predicted octanol–water partition coefficient (Wildman–Crippen LogP) is 4.62. The molecule has 32 heavy (non-hydrogen) atoms. The van der Waals surface area contributed by atoms with E-state index in [4.69, 9.17) is 0 Å². The van der Waals surface area contributed by atoms with E-state index in [1.54, 1.807) is 6.07 Å². The van der Waals surface area contributed by atoms with Crippen LogP contribution in [-0.4, -0.2) is 31.9 Å². The first-order valence-corrected chi connectivity index (χ1v) is 9.89. The second-order valence-corrected chi connectivity index (χ2v) is 7.60. The minimum Gasteiger partial charge on any atom is -0.478 e. The number of aromatic nitrogens is 3. The van der Waals surface area contributed by atoms with Crippen LogP contribution in [0.1, 0.15) is 23.2 Å². The molecule has 0 spiro atoms. The SMILES string of the molecule is O=C(O)c1ccnc2[nH]c(-c3ccc(-c4ccc(NC(=O)C5CC5)cc4F)cc3F)nc12. The number of nitrogens with zero attached hydrogens (tertiary/aromatic N) is 2. The van der Waals surface area contributed by atoms with Gasteiger partial charge in [-0.25, -0.2) is 23.5 Å². The van der Waals surface area contributed by atoms with E-state index in [1.165, 1.54) is 42.6 Å². The summed E-state index contributed by atoms with van der Waals surface area (Å²) in [6, 6.07) is 9.73. The molecular formula is C23H16F2N4O3. The van der Waals surface area contributed by atoms with Gasteiger partial charge in [-0.3, -0.25) is 4.79 Å². The first-order chi connectivity index (χ1) is 15.4. The number of nitrogens with one attached hydrogen (secondary N) is 2. The summed E-state index contributed by atoms with van der Waals surface area (Å²) in [5.41, 5.74) is 1.22. The summed E-state index contributed by atoms with van der Waals surface area (Å²) >= 11 is 0. The summed E-state index contributed by atoms with van der Waals surface area (Å²) in [6.07, 6.45) is 3.01. The molecule has 0 saturated heterocycles. The van der Waals surface area contributed by atoms with Gasteiger partial charge in [-0.05, 0) is 54.8 Å². The summed E-state index contributed by atoms with van der Waals surface area (Å²) in [4.78, 5) is 34.3. The molecule has 2 aromatic carbocycles. The van der Waals surface area contributed by atoms with Crippen LogP contribution in [0.4, 0.5) is 14.5 Å². The Morgan fingerprint density at radius 1 is 1.03 bits per heavy atom. The van der Waals surface area contributed by atoms with Crippen LogP contribution < -0.4 is 5.32 Å². The van der Waals surface area contributed by atoms with Crippen molar-refractivity contribution in [2.75, 3.05) is 5.32 Å². The molecule has 0 atom stereocenters. The van der Waals surface area contributed by atoms with Crippen LogP contribution in [0.5, 0.6) is 0 Å². The molecule has 7 nitrogen and oxygen atoms in total. The number of halogens is 2. The quantitative estimate of drug-likeness (QED) is 0.425. The highest BCUT2D eigenvalue weighted by Gasteiger charge is 2.29. The number of hydrogen-bond donors (Lipinski definition) is 3. The number of pyridine rings is 1. The van der Waals surface area contributed by atoms with Gasteiger partial charge in [0.1, 0.15) is 23.0 Å². The topological polar surface area (TPSA) is 108 Å². The summed E-state index contributed by atoms with van der Waals surface area (Å²) in [6.45, 7) is 0. The van der Waals surface area contributed by atoms with Crippen LogP contribution in [0.15, 0.2) is 48.7 Å². The first-order valence-electron chi connectivity index (χ1n) is 9.89. The minimum atomic E-state index is -1.17. The van der Waals surface area contributed by atoms with Gasteiger partial charge in [-0.15, -0.1) is 0 Å². The van der Waals surface area contributed by atoms with Gasteiger partial charge in [-0.2, -0.15) is 0 Å². The van der Waals surface area contributed by atoms with Crippen LogP contribution >= 0.6 is 0 Å². The molecule has 0 radical (unpaired) electrons. The van der Waals surface area contributed by atoms with Crippen LogP contribution in [0.25, 0.3) is 33.7 Å². The van der Waals surface area contributed by atoms with Crippen LogP contribution in [0.3, 0.4) is 0 Å². The monoisotopic (exact) mass is 434 g/mol. The van der Waals surface area contributed by atoms with Gasteiger partial charge >= 0.3 is 5.97 Å². The zero-order chi connectivity index (χ0) is 22.4.